The summed E-state index contributed by atoms with van der Waals surface area (Å²) in [6.07, 6.45) is 8.70. The molecule has 0 bridgehead atoms. The van der Waals surface area contributed by atoms with Gasteiger partial charge in [-0.25, -0.2) is 9.79 Å². The quantitative estimate of drug-likeness (QED) is 0.377. The van der Waals surface area contributed by atoms with Gasteiger partial charge in [-0.05, 0) is 70.2 Å². The average molecular weight is 535 g/mol. The Morgan fingerprint density at radius 1 is 1.18 bits per heavy atom. The summed E-state index contributed by atoms with van der Waals surface area (Å²) in [4.78, 5) is 46.7. The van der Waals surface area contributed by atoms with Crippen LogP contribution in [-0.2, 0) is 16.1 Å². The summed E-state index contributed by atoms with van der Waals surface area (Å²) >= 11 is 0. The smallest absolute Gasteiger partial charge is 0.410 e. The number of carbonyl (C=O) groups excluding carboxylic acids is 3. The summed E-state index contributed by atoms with van der Waals surface area (Å²) in [5.41, 5.74) is 1.33. The largest absolute Gasteiger partial charge is 0.488 e. The average Bonchev–Trinajstić information content (AvgIpc) is 3.66. The van der Waals surface area contributed by atoms with Gasteiger partial charge in [-0.1, -0.05) is 0 Å². The third-order valence-corrected chi connectivity index (χ3v) is 6.91. The van der Waals surface area contributed by atoms with Crippen LogP contribution >= 0.6 is 0 Å². The number of likely N-dealkylation sites (tertiary alicyclic amines) is 1. The summed E-state index contributed by atoms with van der Waals surface area (Å²) in [6, 6.07) is 3.51. The molecule has 1 aromatic carbocycles. The molecule has 4 aliphatic rings. The van der Waals surface area contributed by atoms with E-state index in [9.17, 15) is 14.4 Å². The zero-order chi connectivity index (χ0) is 27.7. The van der Waals surface area contributed by atoms with Crippen molar-refractivity contribution in [1.29, 1.82) is 5.41 Å². The van der Waals surface area contributed by atoms with Crippen molar-refractivity contribution in [3.8, 4) is 5.75 Å². The molecule has 3 N–H and O–H groups in total. The fourth-order valence-corrected chi connectivity index (χ4v) is 4.81. The van der Waals surface area contributed by atoms with E-state index in [-0.39, 0.29) is 35.5 Å². The molecule has 0 radical (unpaired) electrons. The molecule has 0 unspecified atom stereocenters. The van der Waals surface area contributed by atoms with Gasteiger partial charge in [-0.15, -0.1) is 0 Å². The minimum absolute atomic E-state index is 0.00743. The lowest BCUT2D eigenvalue weighted by Gasteiger charge is -2.37. The predicted molar refractivity (Wildman–Crippen MR) is 146 cm³/mol. The number of amides is 3. The first-order valence-corrected chi connectivity index (χ1v) is 13.3. The second-order valence-corrected chi connectivity index (χ2v) is 11.1. The van der Waals surface area contributed by atoms with Crippen LogP contribution in [0.2, 0.25) is 0 Å². The number of ether oxygens (including phenoxy) is 2. The number of allylic oxidation sites excluding steroid dienone is 1. The Balaban J connectivity index is 1.32. The van der Waals surface area contributed by atoms with Gasteiger partial charge in [0.05, 0.1) is 17.4 Å². The van der Waals surface area contributed by atoms with Crippen molar-refractivity contribution in [3.63, 3.8) is 0 Å². The fourth-order valence-electron chi connectivity index (χ4n) is 4.81. The lowest BCUT2D eigenvalue weighted by atomic mass is 10.0. The Bertz CT molecular complexity index is 1280. The molecule has 0 atom stereocenters. The molecule has 5 rings (SSSR count). The molecule has 11 nitrogen and oxygen atoms in total. The van der Waals surface area contributed by atoms with Gasteiger partial charge < -0.3 is 35.3 Å². The van der Waals surface area contributed by atoms with Crippen molar-refractivity contribution in [1.82, 2.24) is 15.1 Å². The van der Waals surface area contributed by atoms with E-state index in [0.29, 0.717) is 49.5 Å². The van der Waals surface area contributed by atoms with E-state index in [4.69, 9.17) is 14.9 Å². The number of anilines is 1. The fraction of sp³-hybridized carbons (Fsp3) is 0.464. The van der Waals surface area contributed by atoms with Gasteiger partial charge in [0.2, 0.25) is 0 Å². The van der Waals surface area contributed by atoms with Gasteiger partial charge in [-0.3, -0.25) is 9.59 Å². The summed E-state index contributed by atoms with van der Waals surface area (Å²) in [7, 11) is 0. The van der Waals surface area contributed by atoms with Gasteiger partial charge in [-0.2, -0.15) is 0 Å². The number of piperidine rings is 1. The molecule has 11 heteroatoms. The van der Waals surface area contributed by atoms with Gasteiger partial charge >= 0.3 is 6.09 Å². The topological polar surface area (TPSA) is 136 Å². The van der Waals surface area contributed by atoms with Crippen LogP contribution < -0.4 is 15.4 Å². The highest BCUT2D eigenvalue weighted by molar-refractivity contribution is 6.18. The summed E-state index contributed by atoms with van der Waals surface area (Å²) in [5, 5.41) is 13.5. The third-order valence-electron chi connectivity index (χ3n) is 6.91. The Kier molecular flexibility index (Phi) is 7.16. The predicted octanol–water partition coefficient (Wildman–Crippen LogP) is 3.57. The second kappa shape index (κ2) is 10.5. The maximum atomic E-state index is 13.5. The standard InChI is InChI=1S/C28H34N6O5/c1-28(2,3)39-27(37)33-11-7-18(8-12-33)34-16-17-13-22(23(38-19-5-6-19)14-20(17)26(34)36)32-25(35)21(15-29)24-30-9-4-10-31-24/h4,9-10,13-15,18-19,29-30H,5-8,11-12,16H2,1-3H3,(H,32,35)/b24-21-,29-15?. The lowest BCUT2D eigenvalue weighted by Crippen LogP contribution is -2.48. The van der Waals surface area contributed by atoms with Crippen molar-refractivity contribution in [2.45, 2.75) is 70.7 Å². The molecular weight excluding hydrogens is 500 g/mol. The van der Waals surface area contributed by atoms with Gasteiger partial charge in [0, 0.05) is 49.9 Å². The maximum absolute atomic E-state index is 13.5. The van der Waals surface area contributed by atoms with Crippen LogP contribution in [0.25, 0.3) is 0 Å². The van der Waals surface area contributed by atoms with Gasteiger partial charge in [0.25, 0.3) is 11.8 Å². The Morgan fingerprint density at radius 2 is 1.92 bits per heavy atom. The highest BCUT2D eigenvalue weighted by Gasteiger charge is 2.37. The molecule has 39 heavy (non-hydrogen) atoms. The maximum Gasteiger partial charge on any atom is 0.410 e. The first-order valence-electron chi connectivity index (χ1n) is 13.3. The summed E-state index contributed by atoms with van der Waals surface area (Å²) in [5.74, 6) is 0.133. The first-order chi connectivity index (χ1) is 18.6. The summed E-state index contributed by atoms with van der Waals surface area (Å²) < 4.78 is 11.6. The number of aliphatic imine (C=N–C) groups is 1. The molecule has 1 saturated heterocycles. The van der Waals surface area contributed by atoms with Crippen LogP contribution in [0.1, 0.15) is 62.4 Å². The van der Waals surface area contributed by atoms with Crippen LogP contribution in [0.4, 0.5) is 10.5 Å². The van der Waals surface area contributed by atoms with E-state index in [1.807, 2.05) is 25.7 Å². The number of carbonyl (C=O) groups is 3. The molecule has 2 fully saturated rings. The first kappa shape index (κ1) is 26.5. The number of nitrogens with one attached hydrogen (secondary N) is 3. The van der Waals surface area contributed by atoms with Crippen LogP contribution in [0.5, 0.6) is 5.75 Å². The number of fused-ring (bicyclic) bond motifs is 1. The van der Waals surface area contributed by atoms with Crippen LogP contribution in [-0.4, -0.2) is 71.0 Å². The second-order valence-electron chi connectivity index (χ2n) is 11.1. The van der Waals surface area contributed by atoms with Crippen molar-refractivity contribution in [3.05, 3.63) is 46.9 Å². The normalized spacial score (nSPS) is 20.3. The molecule has 1 aliphatic carbocycles. The molecule has 206 valence electrons. The Hall–Kier alpha value is -4.15. The zero-order valence-corrected chi connectivity index (χ0v) is 22.5. The van der Waals surface area contributed by atoms with Crippen molar-refractivity contribution >= 4 is 36.0 Å². The number of rotatable bonds is 6. The minimum Gasteiger partial charge on any atom is -0.488 e. The van der Waals surface area contributed by atoms with Gasteiger partial charge in [0.1, 0.15) is 17.2 Å². The van der Waals surface area contributed by atoms with Crippen molar-refractivity contribution < 1.29 is 23.9 Å². The molecule has 0 aromatic heterocycles. The molecular formula is C28H34N6O5. The number of hydrogen-bond donors (Lipinski definition) is 3. The van der Waals surface area contributed by atoms with E-state index in [0.717, 1.165) is 24.6 Å². The van der Waals surface area contributed by atoms with Crippen molar-refractivity contribution in [2.75, 3.05) is 18.4 Å². The SMILES string of the molecule is CC(C)(C)OC(=O)N1CCC(N2Cc3cc(NC(=O)/C(C=N)=C4\N=CC=CN4)c(OC4CC4)cc3C2=O)CC1. The van der Waals surface area contributed by atoms with Crippen LogP contribution in [0.15, 0.2) is 40.8 Å². The number of benzene rings is 1. The molecule has 3 heterocycles. The number of nitrogens with zero attached hydrogens (tertiary/aromatic N) is 3. The van der Waals surface area contributed by atoms with E-state index >= 15 is 0 Å². The zero-order valence-electron chi connectivity index (χ0n) is 22.5. The monoisotopic (exact) mass is 534 g/mol. The van der Waals surface area contributed by atoms with Crippen LogP contribution in [0, 0.1) is 5.41 Å². The highest BCUT2D eigenvalue weighted by Crippen LogP contribution is 2.39. The van der Waals surface area contributed by atoms with E-state index in [1.165, 1.54) is 6.21 Å². The lowest BCUT2D eigenvalue weighted by molar-refractivity contribution is -0.112. The molecule has 0 spiro atoms. The minimum atomic E-state index is -0.555. The number of hydrogen-bond acceptors (Lipinski definition) is 8. The molecule has 3 amide bonds. The van der Waals surface area contributed by atoms with Gasteiger partial charge in [0.15, 0.2) is 0 Å². The summed E-state index contributed by atoms with van der Waals surface area (Å²) in [6.45, 7) is 6.98. The third kappa shape index (κ3) is 5.97. The van der Waals surface area contributed by atoms with Crippen LogP contribution in [0.3, 0.4) is 0 Å². The van der Waals surface area contributed by atoms with E-state index in [1.54, 1.807) is 29.3 Å². The molecule has 1 saturated carbocycles. The molecule has 1 aromatic rings. The Morgan fingerprint density at radius 3 is 2.54 bits per heavy atom. The van der Waals surface area contributed by atoms with E-state index < -0.39 is 11.5 Å². The molecule has 3 aliphatic heterocycles. The Labute approximate surface area is 227 Å². The van der Waals surface area contributed by atoms with Crippen molar-refractivity contribution in [2.24, 2.45) is 4.99 Å². The highest BCUT2D eigenvalue weighted by atomic mass is 16.6. The van der Waals surface area contributed by atoms with E-state index in [2.05, 4.69) is 15.6 Å².